The van der Waals surface area contributed by atoms with Gasteiger partial charge in [-0.05, 0) is 48.5 Å². The van der Waals surface area contributed by atoms with Crippen molar-refractivity contribution in [3.63, 3.8) is 0 Å². The van der Waals surface area contributed by atoms with Crippen LogP contribution in [0.25, 0.3) is 0 Å². The number of fused-ring (bicyclic) bond motifs is 4. The Kier molecular flexibility index (Phi) is 7.08. The zero-order valence-corrected chi connectivity index (χ0v) is 23.8. The summed E-state index contributed by atoms with van der Waals surface area (Å²) < 4.78 is 59.4. The second-order valence-electron chi connectivity index (χ2n) is 11.3. The Hall–Kier alpha value is -4.36. The predicted octanol–water partition coefficient (Wildman–Crippen LogP) is 4.75. The molecule has 230 valence electrons. The number of nitrogens with one attached hydrogen (secondary N) is 2. The molecule has 0 spiro atoms. The fraction of sp³-hybridized carbons (Fsp3) is 0.387. The molecule has 2 N–H and O–H groups in total. The van der Waals surface area contributed by atoms with Gasteiger partial charge in [0.25, 0.3) is 5.91 Å². The molecule has 4 aliphatic rings. The minimum absolute atomic E-state index is 0.0180. The summed E-state index contributed by atoms with van der Waals surface area (Å²) in [4.78, 5) is 33.1. The van der Waals surface area contributed by atoms with E-state index in [1.54, 1.807) is 18.2 Å². The number of ether oxygens (including phenoxy) is 3. The van der Waals surface area contributed by atoms with E-state index in [0.717, 1.165) is 31.3 Å². The van der Waals surface area contributed by atoms with Gasteiger partial charge in [-0.1, -0.05) is 13.0 Å². The molecule has 7 rings (SSSR count). The molecule has 10 nitrogen and oxygen atoms in total. The molecule has 0 radical (unpaired) electrons. The molecule has 3 aliphatic heterocycles. The first-order valence-electron chi connectivity index (χ1n) is 14.5. The lowest BCUT2D eigenvalue weighted by atomic mass is 10.0. The maximum Gasteiger partial charge on any atom is 0.416 e. The topological polar surface area (TPSA) is 105 Å². The third kappa shape index (κ3) is 5.41. The number of nitrogens with zero attached hydrogens (tertiary/aromatic N) is 3. The normalized spacial score (nSPS) is 22.5. The number of aromatic nitrogens is 1. The van der Waals surface area contributed by atoms with Gasteiger partial charge in [-0.25, -0.2) is 9.78 Å². The van der Waals surface area contributed by atoms with Gasteiger partial charge in [0.2, 0.25) is 0 Å². The van der Waals surface area contributed by atoms with Crippen LogP contribution < -0.4 is 20.1 Å². The van der Waals surface area contributed by atoms with Crippen molar-refractivity contribution >= 4 is 17.8 Å². The van der Waals surface area contributed by atoms with Gasteiger partial charge in [-0.15, -0.1) is 0 Å². The summed E-state index contributed by atoms with van der Waals surface area (Å²) in [6.45, 7) is 6.23. The van der Waals surface area contributed by atoms with Crippen molar-refractivity contribution in [2.24, 2.45) is 0 Å². The largest absolute Gasteiger partial charge is 0.487 e. The highest BCUT2D eigenvalue weighted by Crippen LogP contribution is 2.54. The van der Waals surface area contributed by atoms with Crippen molar-refractivity contribution in [3.8, 4) is 17.2 Å². The minimum Gasteiger partial charge on any atom is -0.487 e. The average molecular weight is 610 g/mol. The highest BCUT2D eigenvalue weighted by Gasteiger charge is 2.59. The van der Waals surface area contributed by atoms with Crippen LogP contribution in [0.5, 0.6) is 17.2 Å². The van der Waals surface area contributed by atoms with E-state index in [2.05, 4.69) is 27.4 Å². The number of halogens is 3. The Balaban J connectivity index is 1.03. The molecular formula is C31H30F3N5O5. The maximum atomic E-state index is 14.1. The zero-order chi connectivity index (χ0) is 30.6. The van der Waals surface area contributed by atoms with Gasteiger partial charge in [-0.2, -0.15) is 13.2 Å². The molecule has 1 aliphatic carbocycles. The SMILES string of the molecule is CCN1CCN(Cc2ccc(C(=O)N[C@@H]3C4Oc5ccc(Oc6ccnc7c6COC(=O)N7)cc5[C@H]43)cc2C(F)(F)F)CC1. The van der Waals surface area contributed by atoms with Crippen LogP contribution in [0.1, 0.15) is 45.5 Å². The maximum absolute atomic E-state index is 14.1. The van der Waals surface area contributed by atoms with Crippen molar-refractivity contribution in [2.45, 2.75) is 44.3 Å². The number of hydrogen-bond donors (Lipinski definition) is 2. The van der Waals surface area contributed by atoms with Crippen molar-refractivity contribution in [3.05, 3.63) is 76.5 Å². The molecular weight excluding hydrogens is 579 g/mol. The molecule has 4 heterocycles. The Bertz CT molecular complexity index is 1620. The van der Waals surface area contributed by atoms with Crippen LogP contribution in [0, 0.1) is 0 Å². The van der Waals surface area contributed by atoms with E-state index in [1.807, 2.05) is 11.0 Å². The van der Waals surface area contributed by atoms with Crippen molar-refractivity contribution in [1.29, 1.82) is 0 Å². The number of benzene rings is 2. The highest BCUT2D eigenvalue weighted by atomic mass is 19.4. The summed E-state index contributed by atoms with van der Waals surface area (Å²) >= 11 is 0. The first-order chi connectivity index (χ1) is 21.2. The molecule has 3 atom stereocenters. The summed E-state index contributed by atoms with van der Waals surface area (Å²) in [6.07, 6.45) is -3.97. The number of anilines is 1. The molecule has 2 aromatic carbocycles. The van der Waals surface area contributed by atoms with Gasteiger partial charge in [0.05, 0.1) is 23.1 Å². The molecule has 1 unspecified atom stereocenters. The molecule has 13 heteroatoms. The van der Waals surface area contributed by atoms with E-state index in [0.29, 0.717) is 41.7 Å². The monoisotopic (exact) mass is 609 g/mol. The Morgan fingerprint density at radius 1 is 1.11 bits per heavy atom. The van der Waals surface area contributed by atoms with E-state index in [-0.39, 0.29) is 42.3 Å². The van der Waals surface area contributed by atoms with E-state index in [9.17, 15) is 22.8 Å². The van der Waals surface area contributed by atoms with Crippen LogP contribution in [-0.4, -0.2) is 71.7 Å². The van der Waals surface area contributed by atoms with Crippen LogP contribution in [0.15, 0.2) is 48.7 Å². The number of pyridine rings is 1. The molecule has 1 saturated carbocycles. The number of rotatable bonds is 7. The van der Waals surface area contributed by atoms with E-state index in [4.69, 9.17) is 14.2 Å². The van der Waals surface area contributed by atoms with Crippen molar-refractivity contribution in [2.75, 3.05) is 38.0 Å². The summed E-state index contributed by atoms with van der Waals surface area (Å²) in [6, 6.07) is 10.5. The van der Waals surface area contributed by atoms with Gasteiger partial charge < -0.3 is 24.4 Å². The van der Waals surface area contributed by atoms with Gasteiger partial charge >= 0.3 is 12.3 Å². The van der Waals surface area contributed by atoms with Crippen LogP contribution in [0.4, 0.5) is 23.8 Å². The highest BCUT2D eigenvalue weighted by molar-refractivity contribution is 5.95. The van der Waals surface area contributed by atoms with E-state index < -0.39 is 23.7 Å². The quantitative estimate of drug-likeness (QED) is 0.396. The molecule has 2 amide bonds. The minimum atomic E-state index is -4.59. The zero-order valence-electron chi connectivity index (χ0n) is 23.8. The first kappa shape index (κ1) is 28.4. The van der Waals surface area contributed by atoms with Gasteiger partial charge in [0, 0.05) is 50.0 Å². The third-order valence-corrected chi connectivity index (χ3v) is 8.65. The van der Waals surface area contributed by atoms with Gasteiger partial charge in [-0.3, -0.25) is 15.0 Å². The fourth-order valence-electron chi connectivity index (χ4n) is 6.15. The molecule has 1 aromatic heterocycles. The molecule has 0 bridgehead atoms. The summed E-state index contributed by atoms with van der Waals surface area (Å²) in [5, 5.41) is 5.40. The van der Waals surface area contributed by atoms with Crippen LogP contribution in [0.2, 0.25) is 0 Å². The van der Waals surface area contributed by atoms with Crippen LogP contribution >= 0.6 is 0 Å². The number of alkyl halides is 3. The lowest BCUT2D eigenvalue weighted by Crippen LogP contribution is -2.45. The standard InChI is InChI=1S/C31H30F3N5O5/c1-2-38-9-11-39(12-10-38)15-18-4-3-17(13-22(18)31(32,33)34)29(40)36-26-25-20-14-19(5-6-23(20)44-27(25)26)43-24-7-8-35-28-21(24)16-42-30(41)37-28/h3-8,13-14,25-27H,2,9-12,15-16H2,1H3,(H,36,40)(H,35,37,41)/t25-,26-,27?/m0/s1. The molecule has 44 heavy (non-hydrogen) atoms. The van der Waals surface area contributed by atoms with Crippen molar-refractivity contribution in [1.82, 2.24) is 20.1 Å². The second-order valence-corrected chi connectivity index (χ2v) is 11.3. The lowest BCUT2D eigenvalue weighted by Gasteiger charge is -2.34. The van der Waals surface area contributed by atoms with Crippen LogP contribution in [0.3, 0.4) is 0 Å². The molecule has 2 fully saturated rings. The third-order valence-electron chi connectivity index (χ3n) is 8.65. The lowest BCUT2D eigenvalue weighted by molar-refractivity contribution is -0.138. The Morgan fingerprint density at radius 3 is 2.68 bits per heavy atom. The molecule has 3 aromatic rings. The first-order valence-corrected chi connectivity index (χ1v) is 14.5. The van der Waals surface area contributed by atoms with Crippen molar-refractivity contribution < 1.29 is 37.0 Å². The average Bonchev–Trinajstić information content (AvgIpc) is 3.53. The van der Waals surface area contributed by atoms with E-state index in [1.165, 1.54) is 18.3 Å². The smallest absolute Gasteiger partial charge is 0.416 e. The molecule has 1 saturated heterocycles. The number of cyclic esters (lactones) is 1. The Labute approximate surface area is 251 Å². The number of carbonyl (C=O) groups is 2. The second kappa shape index (κ2) is 11.0. The number of piperazine rings is 1. The Morgan fingerprint density at radius 2 is 1.91 bits per heavy atom. The number of carbonyl (C=O) groups excluding carboxylic acids is 2. The van der Waals surface area contributed by atoms with Gasteiger partial charge in [0.1, 0.15) is 35.8 Å². The number of likely N-dealkylation sites (N-methyl/N-ethyl adjacent to an activating group) is 1. The fourth-order valence-corrected chi connectivity index (χ4v) is 6.15. The van der Waals surface area contributed by atoms with Crippen LogP contribution in [-0.2, 0) is 24.1 Å². The van der Waals surface area contributed by atoms with E-state index >= 15 is 0 Å². The van der Waals surface area contributed by atoms with Gasteiger partial charge in [0.15, 0.2) is 0 Å². The summed E-state index contributed by atoms with van der Waals surface area (Å²) in [5.41, 5.74) is 0.763. The number of amides is 2. The summed E-state index contributed by atoms with van der Waals surface area (Å²) in [7, 11) is 0. The summed E-state index contributed by atoms with van der Waals surface area (Å²) in [5.74, 6) is 1.27. The predicted molar refractivity (Wildman–Crippen MR) is 152 cm³/mol. The number of hydrogen-bond acceptors (Lipinski definition) is 8.